The van der Waals surface area contributed by atoms with Crippen LogP contribution in [0.4, 0.5) is 5.69 Å². The maximum absolute atomic E-state index is 11.6. The first-order valence-electron chi connectivity index (χ1n) is 7.75. The van der Waals surface area contributed by atoms with Gasteiger partial charge in [-0.05, 0) is 37.3 Å². The Hall–Kier alpha value is -3.35. The quantitative estimate of drug-likeness (QED) is 0.604. The Morgan fingerprint density at radius 1 is 1.15 bits per heavy atom. The first kappa shape index (κ1) is 19.0. The summed E-state index contributed by atoms with van der Waals surface area (Å²) in [7, 11) is 2.77. The Morgan fingerprint density at radius 2 is 1.88 bits per heavy atom. The van der Waals surface area contributed by atoms with Crippen molar-refractivity contribution in [1.82, 2.24) is 0 Å². The number of aliphatic imine (C=N–C) groups is 1. The van der Waals surface area contributed by atoms with E-state index in [9.17, 15) is 9.59 Å². The fraction of sp³-hybridized carbons (Fsp3) is 0.211. The highest BCUT2D eigenvalue weighted by Gasteiger charge is 2.18. The summed E-state index contributed by atoms with van der Waals surface area (Å²) in [6.07, 6.45) is 0.462. The third-order valence-electron chi connectivity index (χ3n) is 3.49. The van der Waals surface area contributed by atoms with Crippen molar-refractivity contribution in [3.05, 3.63) is 53.6 Å². The van der Waals surface area contributed by atoms with Crippen LogP contribution in [0.1, 0.15) is 22.8 Å². The normalized spacial score (nSPS) is 11.8. The molecule has 26 heavy (non-hydrogen) atoms. The first-order chi connectivity index (χ1) is 12.5. The van der Waals surface area contributed by atoms with E-state index in [4.69, 9.17) is 14.6 Å². The van der Waals surface area contributed by atoms with Gasteiger partial charge in [0.1, 0.15) is 0 Å². The van der Waals surface area contributed by atoms with E-state index >= 15 is 0 Å². The van der Waals surface area contributed by atoms with Crippen LogP contribution in [0.3, 0.4) is 0 Å². The van der Waals surface area contributed by atoms with Gasteiger partial charge in [-0.25, -0.2) is 9.59 Å². The Labute approximate surface area is 150 Å². The van der Waals surface area contributed by atoms with E-state index in [2.05, 4.69) is 9.73 Å². The molecule has 2 rings (SSSR count). The molecular weight excluding hydrogens is 338 g/mol. The molecule has 1 atom stereocenters. The van der Waals surface area contributed by atoms with Crippen LogP contribution in [0.5, 0.6) is 11.5 Å². The summed E-state index contributed by atoms with van der Waals surface area (Å²) in [4.78, 5) is 27.0. The van der Waals surface area contributed by atoms with Crippen LogP contribution in [-0.4, -0.2) is 43.6 Å². The summed E-state index contributed by atoms with van der Waals surface area (Å²) >= 11 is 0. The van der Waals surface area contributed by atoms with Crippen molar-refractivity contribution in [2.75, 3.05) is 14.2 Å². The number of ether oxygens (including phenoxy) is 3. The van der Waals surface area contributed by atoms with Gasteiger partial charge in [-0.15, -0.1) is 0 Å². The number of benzene rings is 2. The predicted molar refractivity (Wildman–Crippen MR) is 95.8 cm³/mol. The number of hydrogen-bond acceptors (Lipinski definition) is 6. The summed E-state index contributed by atoms with van der Waals surface area (Å²) in [5.41, 5.74) is 1.46. The molecule has 7 heteroatoms. The van der Waals surface area contributed by atoms with Gasteiger partial charge in [0.2, 0.25) is 0 Å². The minimum atomic E-state index is -1.09. The monoisotopic (exact) mass is 357 g/mol. The van der Waals surface area contributed by atoms with Crippen molar-refractivity contribution in [1.29, 1.82) is 0 Å². The Kier molecular flexibility index (Phi) is 6.32. The molecule has 0 aliphatic rings. The van der Waals surface area contributed by atoms with E-state index < -0.39 is 18.0 Å². The molecule has 0 aliphatic heterocycles. The smallest absolute Gasteiger partial charge is 0.344 e. The molecule has 2 aromatic rings. The fourth-order valence-electron chi connectivity index (χ4n) is 2.12. The minimum absolute atomic E-state index is 0.276. The lowest BCUT2D eigenvalue weighted by molar-refractivity contribution is -0.144. The number of carbonyl (C=O) groups excluding carboxylic acids is 1. The third-order valence-corrected chi connectivity index (χ3v) is 3.49. The Balaban J connectivity index is 2.35. The number of nitrogens with zero attached hydrogens (tertiary/aromatic N) is 1. The van der Waals surface area contributed by atoms with Gasteiger partial charge < -0.3 is 19.3 Å². The molecule has 0 spiro atoms. The van der Waals surface area contributed by atoms with E-state index in [0.29, 0.717) is 22.6 Å². The SMILES string of the molecule is COC(=O)c1cccc(N=Cc2cccc(OC)c2O[C@@H](C)C(=O)O)c1. The average Bonchev–Trinajstić information content (AvgIpc) is 2.66. The third kappa shape index (κ3) is 4.60. The summed E-state index contributed by atoms with van der Waals surface area (Å²) in [6.45, 7) is 1.43. The number of carbonyl (C=O) groups is 2. The van der Waals surface area contributed by atoms with Crippen LogP contribution >= 0.6 is 0 Å². The molecule has 0 amide bonds. The van der Waals surface area contributed by atoms with Gasteiger partial charge in [0.15, 0.2) is 17.6 Å². The van der Waals surface area contributed by atoms with Crippen LogP contribution in [-0.2, 0) is 9.53 Å². The summed E-state index contributed by atoms with van der Waals surface area (Å²) in [6, 6.07) is 11.8. The zero-order valence-electron chi connectivity index (χ0n) is 14.6. The van der Waals surface area contributed by atoms with Gasteiger partial charge in [0.05, 0.1) is 25.5 Å². The molecule has 0 saturated carbocycles. The van der Waals surface area contributed by atoms with Crippen molar-refractivity contribution in [3.63, 3.8) is 0 Å². The van der Waals surface area contributed by atoms with Gasteiger partial charge >= 0.3 is 11.9 Å². The number of para-hydroxylation sites is 1. The second-order valence-electron chi connectivity index (χ2n) is 5.28. The highest BCUT2D eigenvalue weighted by molar-refractivity contribution is 5.91. The lowest BCUT2D eigenvalue weighted by Gasteiger charge is -2.15. The number of hydrogen-bond donors (Lipinski definition) is 1. The van der Waals surface area contributed by atoms with E-state index in [1.54, 1.807) is 42.5 Å². The maximum Gasteiger partial charge on any atom is 0.344 e. The molecule has 2 aromatic carbocycles. The molecule has 0 aliphatic carbocycles. The topological polar surface area (TPSA) is 94.4 Å². The predicted octanol–water partition coefficient (Wildman–Crippen LogP) is 3.08. The van der Waals surface area contributed by atoms with Crippen molar-refractivity contribution >= 4 is 23.8 Å². The number of esters is 1. The molecule has 0 saturated heterocycles. The highest BCUT2D eigenvalue weighted by atomic mass is 16.5. The molecule has 0 aromatic heterocycles. The van der Waals surface area contributed by atoms with Gasteiger partial charge in [0.25, 0.3) is 0 Å². The van der Waals surface area contributed by atoms with Gasteiger partial charge in [-0.2, -0.15) is 0 Å². The maximum atomic E-state index is 11.6. The van der Waals surface area contributed by atoms with E-state index in [-0.39, 0.29) is 5.75 Å². The van der Waals surface area contributed by atoms with E-state index in [1.165, 1.54) is 27.4 Å². The molecule has 0 bridgehead atoms. The molecule has 7 nitrogen and oxygen atoms in total. The van der Waals surface area contributed by atoms with Crippen molar-refractivity contribution < 1.29 is 28.9 Å². The molecule has 0 unspecified atom stereocenters. The summed E-state index contributed by atoms with van der Waals surface area (Å²) in [5.74, 6) is -0.879. The van der Waals surface area contributed by atoms with Crippen molar-refractivity contribution in [3.8, 4) is 11.5 Å². The van der Waals surface area contributed by atoms with Crippen molar-refractivity contribution in [2.45, 2.75) is 13.0 Å². The largest absolute Gasteiger partial charge is 0.493 e. The zero-order chi connectivity index (χ0) is 19.1. The molecule has 136 valence electrons. The van der Waals surface area contributed by atoms with Crippen molar-refractivity contribution in [2.24, 2.45) is 4.99 Å². The van der Waals surface area contributed by atoms with Gasteiger partial charge in [-0.1, -0.05) is 12.1 Å². The molecule has 0 radical (unpaired) electrons. The number of carboxylic acid groups (broad SMARTS) is 1. The van der Waals surface area contributed by atoms with Crippen LogP contribution < -0.4 is 9.47 Å². The first-order valence-corrected chi connectivity index (χ1v) is 7.75. The van der Waals surface area contributed by atoms with Crippen LogP contribution in [0.15, 0.2) is 47.5 Å². The molecular formula is C19H19NO6. The van der Waals surface area contributed by atoms with E-state index in [1.807, 2.05) is 0 Å². The summed E-state index contributed by atoms with van der Waals surface area (Å²) in [5, 5.41) is 9.07. The van der Waals surface area contributed by atoms with Crippen LogP contribution in [0, 0.1) is 0 Å². The lowest BCUT2D eigenvalue weighted by Crippen LogP contribution is -2.23. The van der Waals surface area contributed by atoms with Gasteiger partial charge in [-0.3, -0.25) is 4.99 Å². The second-order valence-corrected chi connectivity index (χ2v) is 5.28. The van der Waals surface area contributed by atoms with Crippen LogP contribution in [0.2, 0.25) is 0 Å². The Bertz CT molecular complexity index is 831. The fourth-order valence-corrected chi connectivity index (χ4v) is 2.12. The second kappa shape index (κ2) is 8.66. The number of methoxy groups -OCH3 is 2. The number of rotatable bonds is 7. The molecule has 0 fully saturated rings. The lowest BCUT2D eigenvalue weighted by atomic mass is 10.2. The molecule has 0 heterocycles. The average molecular weight is 357 g/mol. The Morgan fingerprint density at radius 3 is 2.54 bits per heavy atom. The van der Waals surface area contributed by atoms with E-state index in [0.717, 1.165) is 0 Å². The zero-order valence-corrected chi connectivity index (χ0v) is 14.6. The number of carboxylic acids is 1. The van der Waals surface area contributed by atoms with Gasteiger partial charge in [0, 0.05) is 11.8 Å². The molecule has 1 N–H and O–H groups in total. The minimum Gasteiger partial charge on any atom is -0.493 e. The highest BCUT2D eigenvalue weighted by Crippen LogP contribution is 2.31. The number of aliphatic carboxylic acids is 1. The summed E-state index contributed by atoms with van der Waals surface area (Å²) < 4.78 is 15.4. The van der Waals surface area contributed by atoms with Crippen LogP contribution in [0.25, 0.3) is 0 Å². The standard InChI is InChI=1S/C19H19NO6/c1-12(18(21)22)26-17-14(7-5-9-16(17)24-2)11-20-15-8-4-6-13(10-15)19(23)25-3/h4-12H,1-3H3,(H,21,22)/t12-/m0/s1.